The lowest BCUT2D eigenvalue weighted by Gasteiger charge is -2.37. The number of guanidine groups is 1. The fraction of sp³-hybridized carbons (Fsp3) is 0.682. The van der Waals surface area contributed by atoms with Gasteiger partial charge in [0, 0.05) is 38.3 Å². The second kappa shape index (κ2) is 10.2. The van der Waals surface area contributed by atoms with Crippen molar-refractivity contribution in [1.29, 1.82) is 0 Å². The lowest BCUT2D eigenvalue weighted by Crippen LogP contribution is -2.50. The van der Waals surface area contributed by atoms with Crippen molar-refractivity contribution in [2.24, 2.45) is 4.99 Å². The van der Waals surface area contributed by atoms with Crippen LogP contribution in [0.4, 0.5) is 0 Å². The van der Waals surface area contributed by atoms with Crippen LogP contribution in [0.25, 0.3) is 0 Å². The van der Waals surface area contributed by atoms with E-state index >= 15 is 0 Å². The molecule has 7 heteroatoms. The van der Waals surface area contributed by atoms with Crippen LogP contribution in [0.2, 0.25) is 0 Å². The Balaban J connectivity index is 1.71. The van der Waals surface area contributed by atoms with Gasteiger partial charge in [-0.05, 0) is 50.5 Å². The van der Waals surface area contributed by atoms with Crippen LogP contribution in [0.5, 0.6) is 11.5 Å². The van der Waals surface area contributed by atoms with E-state index in [9.17, 15) is 0 Å². The first-order chi connectivity index (χ1) is 14.1. The van der Waals surface area contributed by atoms with Gasteiger partial charge in [0.25, 0.3) is 0 Å². The monoisotopic (exact) mass is 404 g/mol. The highest BCUT2D eigenvalue weighted by atomic mass is 16.5. The SMILES string of the molecule is CCNC(=NCC(C)N1CCOCC1C)N1CCc2cc(OC)c(OC)cc2C1. The van der Waals surface area contributed by atoms with E-state index in [4.69, 9.17) is 19.2 Å². The summed E-state index contributed by atoms with van der Waals surface area (Å²) in [6, 6.07) is 5.05. The molecular formula is C22H36N4O3. The summed E-state index contributed by atoms with van der Waals surface area (Å²) in [5.41, 5.74) is 2.60. The molecule has 0 radical (unpaired) electrons. The van der Waals surface area contributed by atoms with E-state index in [1.807, 2.05) is 0 Å². The summed E-state index contributed by atoms with van der Waals surface area (Å²) >= 11 is 0. The van der Waals surface area contributed by atoms with Gasteiger partial charge in [-0.1, -0.05) is 0 Å². The maximum atomic E-state index is 5.57. The number of nitrogens with zero attached hydrogens (tertiary/aromatic N) is 3. The molecule has 1 aromatic rings. The predicted octanol–water partition coefficient (Wildman–Crippen LogP) is 2.14. The van der Waals surface area contributed by atoms with Crippen LogP contribution >= 0.6 is 0 Å². The Hall–Kier alpha value is -1.99. The van der Waals surface area contributed by atoms with Crippen LogP contribution in [0.1, 0.15) is 31.9 Å². The number of nitrogens with one attached hydrogen (secondary N) is 1. The van der Waals surface area contributed by atoms with E-state index in [0.717, 1.165) is 69.8 Å². The van der Waals surface area contributed by atoms with Gasteiger partial charge < -0.3 is 24.4 Å². The molecular weight excluding hydrogens is 368 g/mol. The molecule has 1 N–H and O–H groups in total. The highest BCUT2D eigenvalue weighted by molar-refractivity contribution is 5.80. The lowest BCUT2D eigenvalue weighted by molar-refractivity contribution is -0.0166. The largest absolute Gasteiger partial charge is 0.493 e. The van der Waals surface area contributed by atoms with E-state index in [2.05, 4.69) is 48.0 Å². The van der Waals surface area contributed by atoms with Crippen LogP contribution in [0, 0.1) is 0 Å². The molecule has 0 aromatic heterocycles. The van der Waals surface area contributed by atoms with Crippen LogP contribution in [0.3, 0.4) is 0 Å². The van der Waals surface area contributed by atoms with Gasteiger partial charge in [-0.2, -0.15) is 0 Å². The molecule has 2 heterocycles. The normalized spacial score (nSPS) is 21.5. The minimum atomic E-state index is 0.393. The number of rotatable bonds is 6. The molecule has 0 bridgehead atoms. The second-order valence-electron chi connectivity index (χ2n) is 7.85. The van der Waals surface area contributed by atoms with Gasteiger partial charge in [0.15, 0.2) is 17.5 Å². The number of methoxy groups -OCH3 is 2. The maximum absolute atomic E-state index is 5.57. The molecule has 0 amide bonds. The first kappa shape index (κ1) is 21.7. The minimum absolute atomic E-state index is 0.393. The third-order valence-electron chi connectivity index (χ3n) is 5.84. The molecule has 3 rings (SSSR count). The quantitative estimate of drug-likeness (QED) is 0.579. The summed E-state index contributed by atoms with van der Waals surface area (Å²) in [6.45, 7) is 12.6. The third kappa shape index (κ3) is 5.14. The molecule has 2 unspecified atom stereocenters. The van der Waals surface area contributed by atoms with Crippen molar-refractivity contribution in [2.45, 2.75) is 45.8 Å². The molecule has 29 heavy (non-hydrogen) atoms. The summed E-state index contributed by atoms with van der Waals surface area (Å²) in [5, 5.41) is 3.48. The Bertz CT molecular complexity index is 710. The first-order valence-electron chi connectivity index (χ1n) is 10.7. The third-order valence-corrected chi connectivity index (χ3v) is 5.84. The zero-order chi connectivity index (χ0) is 20.8. The van der Waals surface area contributed by atoms with Crippen molar-refractivity contribution in [3.05, 3.63) is 23.3 Å². The van der Waals surface area contributed by atoms with Crippen molar-refractivity contribution in [1.82, 2.24) is 15.1 Å². The Morgan fingerprint density at radius 3 is 2.62 bits per heavy atom. The summed E-state index contributed by atoms with van der Waals surface area (Å²) in [5.74, 6) is 2.57. The summed E-state index contributed by atoms with van der Waals surface area (Å²) in [6.07, 6.45) is 0.968. The fourth-order valence-electron chi connectivity index (χ4n) is 4.21. The molecule has 1 aromatic carbocycles. The molecule has 2 aliphatic heterocycles. The number of morpholine rings is 1. The molecule has 1 fully saturated rings. The number of hydrogen-bond acceptors (Lipinski definition) is 5. The van der Waals surface area contributed by atoms with Crippen LogP contribution in [0.15, 0.2) is 17.1 Å². The van der Waals surface area contributed by atoms with Gasteiger partial charge in [-0.25, -0.2) is 0 Å². The molecule has 2 aliphatic rings. The molecule has 162 valence electrons. The number of hydrogen-bond donors (Lipinski definition) is 1. The van der Waals surface area contributed by atoms with E-state index in [1.165, 1.54) is 11.1 Å². The average Bonchev–Trinajstić information content (AvgIpc) is 2.75. The lowest BCUT2D eigenvalue weighted by atomic mass is 9.99. The maximum Gasteiger partial charge on any atom is 0.194 e. The van der Waals surface area contributed by atoms with E-state index in [0.29, 0.717) is 12.1 Å². The standard InChI is InChI=1S/C22H36N4O3/c1-6-23-22(24-13-16(2)26-9-10-29-15-17(26)3)25-8-7-18-11-20(27-4)21(28-5)12-19(18)14-25/h11-12,16-17H,6-10,13-15H2,1-5H3,(H,23,24). The van der Waals surface area contributed by atoms with Crippen LogP contribution in [-0.4, -0.2) is 81.5 Å². The van der Waals surface area contributed by atoms with Gasteiger partial charge in [-0.15, -0.1) is 0 Å². The Morgan fingerprint density at radius 2 is 1.97 bits per heavy atom. The average molecular weight is 405 g/mol. The predicted molar refractivity (Wildman–Crippen MR) is 116 cm³/mol. The van der Waals surface area contributed by atoms with E-state index < -0.39 is 0 Å². The van der Waals surface area contributed by atoms with Gasteiger partial charge in [0.2, 0.25) is 0 Å². The zero-order valence-corrected chi connectivity index (χ0v) is 18.5. The highest BCUT2D eigenvalue weighted by Crippen LogP contribution is 2.33. The minimum Gasteiger partial charge on any atom is -0.493 e. The van der Waals surface area contributed by atoms with Crippen molar-refractivity contribution in [3.8, 4) is 11.5 Å². The number of fused-ring (bicyclic) bond motifs is 1. The Kier molecular flexibility index (Phi) is 7.61. The van der Waals surface area contributed by atoms with Crippen molar-refractivity contribution in [2.75, 3.05) is 53.6 Å². The fourth-order valence-corrected chi connectivity index (χ4v) is 4.21. The van der Waals surface area contributed by atoms with Gasteiger partial charge in [0.05, 0.1) is 34.0 Å². The van der Waals surface area contributed by atoms with Gasteiger partial charge >= 0.3 is 0 Å². The molecule has 0 saturated carbocycles. The molecule has 7 nitrogen and oxygen atoms in total. The topological polar surface area (TPSA) is 58.6 Å². The highest BCUT2D eigenvalue weighted by Gasteiger charge is 2.25. The van der Waals surface area contributed by atoms with Crippen molar-refractivity contribution in [3.63, 3.8) is 0 Å². The number of ether oxygens (including phenoxy) is 3. The zero-order valence-electron chi connectivity index (χ0n) is 18.5. The smallest absolute Gasteiger partial charge is 0.194 e. The van der Waals surface area contributed by atoms with Gasteiger partial charge in [0.1, 0.15) is 0 Å². The molecule has 0 aliphatic carbocycles. The Morgan fingerprint density at radius 1 is 1.24 bits per heavy atom. The van der Waals surface area contributed by atoms with Crippen LogP contribution < -0.4 is 14.8 Å². The van der Waals surface area contributed by atoms with Crippen molar-refractivity contribution >= 4 is 5.96 Å². The first-order valence-corrected chi connectivity index (χ1v) is 10.7. The van der Waals surface area contributed by atoms with E-state index in [-0.39, 0.29) is 0 Å². The number of benzene rings is 1. The molecule has 2 atom stereocenters. The molecule has 1 saturated heterocycles. The second-order valence-corrected chi connectivity index (χ2v) is 7.85. The summed E-state index contributed by atoms with van der Waals surface area (Å²) in [4.78, 5) is 9.83. The van der Waals surface area contributed by atoms with Crippen molar-refractivity contribution < 1.29 is 14.2 Å². The van der Waals surface area contributed by atoms with Gasteiger partial charge in [-0.3, -0.25) is 9.89 Å². The Labute approximate surface area is 175 Å². The number of aliphatic imine (C=N–C) groups is 1. The molecule has 0 spiro atoms. The van der Waals surface area contributed by atoms with E-state index in [1.54, 1.807) is 14.2 Å². The summed E-state index contributed by atoms with van der Waals surface area (Å²) < 4.78 is 16.5. The summed E-state index contributed by atoms with van der Waals surface area (Å²) in [7, 11) is 3.37. The van der Waals surface area contributed by atoms with Crippen LogP contribution in [-0.2, 0) is 17.7 Å².